The van der Waals surface area contributed by atoms with Gasteiger partial charge < -0.3 is 0 Å². The van der Waals surface area contributed by atoms with Crippen molar-refractivity contribution in [3.63, 3.8) is 0 Å². The van der Waals surface area contributed by atoms with Gasteiger partial charge in [-0.15, -0.1) is 0 Å². The van der Waals surface area contributed by atoms with E-state index in [1.165, 1.54) is 0 Å². The molecule has 0 nitrogen and oxygen atoms in total. The Bertz CT molecular complexity index is 201. The zero-order valence-electron chi connectivity index (χ0n) is 11.8. The second-order valence-corrected chi connectivity index (χ2v) is 5.67. The molecular weight excluding hydrogens is 206 g/mol. The van der Waals surface area contributed by atoms with Gasteiger partial charge in [0.05, 0.1) is 0 Å². The van der Waals surface area contributed by atoms with Crippen molar-refractivity contribution in [2.75, 3.05) is 0 Å². The molecule has 0 fully saturated rings. The SMILES string of the molecule is CCC(C)(CC)CC(F)(F)C(C)(CC)CC. The van der Waals surface area contributed by atoms with Crippen LogP contribution in [0.1, 0.15) is 73.6 Å². The number of halogens is 2. The summed E-state index contributed by atoms with van der Waals surface area (Å²) in [6.45, 7) is 11.5. The molecule has 0 spiro atoms. The molecule has 0 aliphatic rings. The molecule has 0 amide bonds. The molecule has 0 aromatic rings. The van der Waals surface area contributed by atoms with Crippen LogP contribution in [-0.4, -0.2) is 5.92 Å². The van der Waals surface area contributed by atoms with E-state index in [0.29, 0.717) is 12.8 Å². The van der Waals surface area contributed by atoms with Crippen molar-refractivity contribution in [2.24, 2.45) is 10.8 Å². The van der Waals surface area contributed by atoms with Crippen LogP contribution in [0.3, 0.4) is 0 Å². The Kier molecular flexibility index (Phi) is 5.41. The van der Waals surface area contributed by atoms with Gasteiger partial charge in [0, 0.05) is 11.8 Å². The normalized spacial score (nSPS) is 14.2. The van der Waals surface area contributed by atoms with Crippen LogP contribution in [0.25, 0.3) is 0 Å². The third kappa shape index (κ3) is 3.18. The van der Waals surface area contributed by atoms with E-state index in [2.05, 4.69) is 0 Å². The fourth-order valence-electron chi connectivity index (χ4n) is 2.02. The Morgan fingerprint density at radius 3 is 1.38 bits per heavy atom. The summed E-state index contributed by atoms with van der Waals surface area (Å²) in [5, 5.41) is 0. The summed E-state index contributed by atoms with van der Waals surface area (Å²) in [4.78, 5) is 0. The topological polar surface area (TPSA) is 0 Å². The Labute approximate surface area is 99.8 Å². The van der Waals surface area contributed by atoms with Gasteiger partial charge in [-0.1, -0.05) is 54.4 Å². The molecule has 98 valence electrons. The summed E-state index contributed by atoms with van der Waals surface area (Å²) in [7, 11) is 0. The molecule has 0 radical (unpaired) electrons. The minimum atomic E-state index is -2.56. The van der Waals surface area contributed by atoms with Crippen molar-refractivity contribution in [3.8, 4) is 0 Å². The van der Waals surface area contributed by atoms with Crippen molar-refractivity contribution >= 4 is 0 Å². The maximum Gasteiger partial charge on any atom is 0.253 e. The lowest BCUT2D eigenvalue weighted by Gasteiger charge is -2.41. The van der Waals surface area contributed by atoms with Crippen LogP contribution in [0.4, 0.5) is 8.78 Å². The number of alkyl halides is 2. The zero-order chi connectivity index (χ0) is 13.0. The van der Waals surface area contributed by atoms with Crippen molar-refractivity contribution in [3.05, 3.63) is 0 Å². The molecule has 0 saturated carbocycles. The summed E-state index contributed by atoms with van der Waals surface area (Å²) in [5.41, 5.74) is -1.08. The van der Waals surface area contributed by atoms with Gasteiger partial charge in [-0.3, -0.25) is 0 Å². The molecule has 0 atom stereocenters. The Morgan fingerprint density at radius 2 is 1.12 bits per heavy atom. The van der Waals surface area contributed by atoms with Crippen LogP contribution in [0.2, 0.25) is 0 Å². The number of hydrogen-bond acceptors (Lipinski definition) is 0. The van der Waals surface area contributed by atoms with Crippen LogP contribution >= 0.6 is 0 Å². The minimum absolute atomic E-state index is 0.0190. The second kappa shape index (κ2) is 5.46. The maximum absolute atomic E-state index is 14.3. The van der Waals surface area contributed by atoms with Crippen LogP contribution in [-0.2, 0) is 0 Å². The molecule has 0 aromatic carbocycles. The average Bonchev–Trinajstić information content (AvgIpc) is 2.26. The van der Waals surface area contributed by atoms with Crippen LogP contribution < -0.4 is 0 Å². The Hall–Kier alpha value is -0.140. The van der Waals surface area contributed by atoms with Crippen molar-refractivity contribution < 1.29 is 8.78 Å². The van der Waals surface area contributed by atoms with Crippen LogP contribution in [0.15, 0.2) is 0 Å². The van der Waals surface area contributed by atoms with Gasteiger partial charge in [-0.05, 0) is 18.3 Å². The third-order valence-electron chi connectivity index (χ3n) is 4.80. The van der Waals surface area contributed by atoms with Crippen molar-refractivity contribution in [2.45, 2.75) is 79.6 Å². The van der Waals surface area contributed by atoms with Gasteiger partial charge in [-0.2, -0.15) is 0 Å². The minimum Gasteiger partial charge on any atom is -0.206 e. The molecule has 0 unspecified atom stereocenters. The van der Waals surface area contributed by atoms with Crippen LogP contribution in [0, 0.1) is 10.8 Å². The highest BCUT2D eigenvalue weighted by atomic mass is 19.3. The monoisotopic (exact) mass is 234 g/mol. The van der Waals surface area contributed by atoms with Gasteiger partial charge in [0.15, 0.2) is 0 Å². The Morgan fingerprint density at radius 1 is 0.750 bits per heavy atom. The predicted molar refractivity (Wildman–Crippen MR) is 66.9 cm³/mol. The highest BCUT2D eigenvalue weighted by Crippen LogP contribution is 2.50. The number of rotatable bonds is 7. The first-order valence-electron chi connectivity index (χ1n) is 6.58. The van der Waals surface area contributed by atoms with E-state index in [9.17, 15) is 8.78 Å². The highest BCUT2D eigenvalue weighted by molar-refractivity contribution is 4.91. The molecule has 0 saturated heterocycles. The first-order chi connectivity index (χ1) is 7.20. The lowest BCUT2D eigenvalue weighted by atomic mass is 9.69. The first-order valence-corrected chi connectivity index (χ1v) is 6.58. The third-order valence-corrected chi connectivity index (χ3v) is 4.80. The first kappa shape index (κ1) is 15.9. The van der Waals surface area contributed by atoms with Gasteiger partial charge in [0.25, 0.3) is 5.92 Å². The largest absolute Gasteiger partial charge is 0.253 e. The quantitative estimate of drug-likeness (QED) is 0.533. The maximum atomic E-state index is 14.3. The van der Waals surface area contributed by atoms with E-state index in [1.54, 1.807) is 6.92 Å². The predicted octanol–water partition coefficient (Wildman–Crippen LogP) is 5.66. The second-order valence-electron chi connectivity index (χ2n) is 5.67. The molecule has 16 heavy (non-hydrogen) atoms. The van der Waals surface area contributed by atoms with E-state index in [0.717, 1.165) is 12.8 Å². The smallest absolute Gasteiger partial charge is 0.206 e. The summed E-state index contributed by atoms with van der Waals surface area (Å²) >= 11 is 0. The molecule has 2 heteroatoms. The van der Waals surface area contributed by atoms with E-state index in [1.807, 2.05) is 34.6 Å². The highest BCUT2D eigenvalue weighted by Gasteiger charge is 2.50. The molecule has 0 heterocycles. The summed E-state index contributed by atoms with van der Waals surface area (Å²) in [6, 6.07) is 0. The Balaban J connectivity index is 4.92. The summed E-state index contributed by atoms with van der Waals surface area (Å²) in [5.74, 6) is -2.56. The standard InChI is InChI=1S/C14H28F2/c1-7-12(5,8-2)11-14(15,16)13(6,9-3)10-4/h7-11H2,1-6H3. The fraction of sp³-hybridized carbons (Fsp3) is 1.00. The van der Waals surface area contributed by atoms with E-state index in [4.69, 9.17) is 0 Å². The summed E-state index contributed by atoms with van der Waals surface area (Å²) < 4.78 is 28.7. The van der Waals surface area contributed by atoms with Gasteiger partial charge in [-0.25, -0.2) is 8.78 Å². The lowest BCUT2D eigenvalue weighted by Crippen LogP contribution is -2.42. The van der Waals surface area contributed by atoms with E-state index in [-0.39, 0.29) is 11.8 Å². The molecule has 0 aliphatic heterocycles. The molecule has 0 aliphatic carbocycles. The molecule has 0 aromatic heterocycles. The van der Waals surface area contributed by atoms with E-state index < -0.39 is 11.3 Å². The molecule has 0 bridgehead atoms. The summed E-state index contributed by atoms with van der Waals surface area (Å²) in [6.07, 6.45) is 2.75. The van der Waals surface area contributed by atoms with Crippen molar-refractivity contribution in [1.29, 1.82) is 0 Å². The zero-order valence-corrected chi connectivity index (χ0v) is 11.8. The van der Waals surface area contributed by atoms with Gasteiger partial charge in [0.1, 0.15) is 0 Å². The van der Waals surface area contributed by atoms with E-state index >= 15 is 0 Å². The molecule has 0 rings (SSSR count). The van der Waals surface area contributed by atoms with Crippen molar-refractivity contribution in [1.82, 2.24) is 0 Å². The molecule has 0 N–H and O–H groups in total. The average molecular weight is 234 g/mol. The lowest BCUT2D eigenvalue weighted by molar-refractivity contribution is -0.145. The van der Waals surface area contributed by atoms with Gasteiger partial charge >= 0.3 is 0 Å². The van der Waals surface area contributed by atoms with Crippen LogP contribution in [0.5, 0.6) is 0 Å². The van der Waals surface area contributed by atoms with Gasteiger partial charge in [0.2, 0.25) is 0 Å². The number of hydrogen-bond donors (Lipinski definition) is 0. The molecular formula is C14H28F2. The fourth-order valence-corrected chi connectivity index (χ4v) is 2.02.